The van der Waals surface area contributed by atoms with E-state index in [4.69, 9.17) is 0 Å². The maximum Gasteiger partial charge on any atom is 0.249 e. The number of aliphatic hydroxyl groups is 1. The SMILES string of the molecule is CCC=CCC=CCC=CCC=CCC=CCC=CCC(=O)NCCSSCCNC(=O)CCNC(=O)C(O)C(C)C. The van der Waals surface area contributed by atoms with Gasteiger partial charge in [-0.2, -0.15) is 0 Å². The van der Waals surface area contributed by atoms with Gasteiger partial charge in [-0.15, -0.1) is 0 Å². The first-order chi connectivity index (χ1) is 20.4. The first kappa shape index (κ1) is 39.5. The molecule has 4 N–H and O–H groups in total. The molecule has 0 saturated heterocycles. The molecule has 0 bridgehead atoms. The molecule has 9 heteroatoms. The molecule has 0 rings (SSSR count). The molecule has 0 aromatic carbocycles. The van der Waals surface area contributed by atoms with Crippen molar-refractivity contribution >= 4 is 39.3 Å². The maximum atomic E-state index is 11.9. The molecule has 7 nitrogen and oxygen atoms in total. The van der Waals surface area contributed by atoms with E-state index in [9.17, 15) is 19.5 Å². The molecule has 0 fully saturated rings. The van der Waals surface area contributed by atoms with E-state index in [1.165, 1.54) is 0 Å². The Morgan fingerprint density at radius 2 is 1.05 bits per heavy atom. The van der Waals surface area contributed by atoms with Crippen molar-refractivity contribution in [3.63, 3.8) is 0 Å². The van der Waals surface area contributed by atoms with Gasteiger partial charge in [0.1, 0.15) is 6.10 Å². The second kappa shape index (κ2) is 30.0. The van der Waals surface area contributed by atoms with Crippen LogP contribution < -0.4 is 16.0 Å². The molecule has 0 spiro atoms. The summed E-state index contributed by atoms with van der Waals surface area (Å²) in [5.41, 5.74) is 0. The number of hydrogen-bond donors (Lipinski definition) is 4. The quantitative estimate of drug-likeness (QED) is 0.0550. The van der Waals surface area contributed by atoms with Gasteiger partial charge in [0.05, 0.1) is 0 Å². The fraction of sp³-hybridized carbons (Fsp3) is 0.545. The third-order valence-corrected chi connectivity index (χ3v) is 7.96. The van der Waals surface area contributed by atoms with Crippen molar-refractivity contribution in [2.45, 2.75) is 78.2 Å². The van der Waals surface area contributed by atoms with Gasteiger partial charge in [0.2, 0.25) is 17.7 Å². The van der Waals surface area contributed by atoms with Crippen LogP contribution in [0.25, 0.3) is 0 Å². The highest BCUT2D eigenvalue weighted by atomic mass is 33.1. The number of allylic oxidation sites excluding steroid dienone is 11. The topological polar surface area (TPSA) is 108 Å². The maximum absolute atomic E-state index is 11.9. The molecule has 1 unspecified atom stereocenters. The highest BCUT2D eigenvalue weighted by Crippen LogP contribution is 2.19. The van der Waals surface area contributed by atoms with Crippen LogP contribution in [0, 0.1) is 5.92 Å². The van der Waals surface area contributed by atoms with E-state index in [1.54, 1.807) is 35.4 Å². The first-order valence-corrected chi connectivity index (χ1v) is 17.5. The Kier molecular flexibility index (Phi) is 28.2. The lowest BCUT2D eigenvalue weighted by Gasteiger charge is -2.14. The van der Waals surface area contributed by atoms with Crippen LogP contribution in [0.1, 0.15) is 72.1 Å². The highest BCUT2D eigenvalue weighted by Gasteiger charge is 2.18. The van der Waals surface area contributed by atoms with E-state index in [0.29, 0.717) is 19.5 Å². The summed E-state index contributed by atoms with van der Waals surface area (Å²) in [6, 6.07) is 0. The molecular weight excluding hydrogens is 567 g/mol. The second-order valence-electron chi connectivity index (χ2n) is 9.69. The minimum Gasteiger partial charge on any atom is -0.383 e. The Balaban J connectivity index is 3.60. The molecule has 0 aromatic heterocycles. The molecular formula is C33H53N3O4S2. The van der Waals surface area contributed by atoms with E-state index < -0.39 is 12.0 Å². The minimum atomic E-state index is -1.05. The van der Waals surface area contributed by atoms with Crippen LogP contribution in [-0.2, 0) is 14.4 Å². The van der Waals surface area contributed by atoms with Crippen LogP contribution in [-0.4, -0.2) is 60.1 Å². The van der Waals surface area contributed by atoms with Gasteiger partial charge >= 0.3 is 0 Å². The Hall–Kier alpha value is -2.49. The lowest BCUT2D eigenvalue weighted by molar-refractivity contribution is -0.131. The number of amides is 3. The molecule has 42 heavy (non-hydrogen) atoms. The van der Waals surface area contributed by atoms with Crippen LogP contribution >= 0.6 is 21.6 Å². The molecule has 0 aromatic rings. The Labute approximate surface area is 262 Å². The molecule has 0 aliphatic heterocycles. The van der Waals surface area contributed by atoms with Gasteiger partial charge < -0.3 is 21.1 Å². The standard InChI is InChI=1S/C33H53N3O4S2/c1-4-5-6-7-8-9-10-11-12-13-14-15-16-17-18-19-20-21-22-30(37)34-25-27-41-42-28-26-35-31(38)23-24-36-33(40)32(39)29(2)3/h5-6,8-9,11-12,14-15,17-18,20-21,29,32,39H,4,7,10,13,16,19,22-28H2,1-3H3,(H,34,37)(H,35,38)(H,36,40). The number of aliphatic hydroxyl groups excluding tert-OH is 1. The van der Waals surface area contributed by atoms with Gasteiger partial charge in [-0.05, 0) is 44.4 Å². The molecule has 0 saturated carbocycles. The molecule has 0 radical (unpaired) electrons. The summed E-state index contributed by atoms with van der Waals surface area (Å²) in [4.78, 5) is 35.4. The van der Waals surface area contributed by atoms with Gasteiger partial charge in [-0.25, -0.2) is 0 Å². The van der Waals surface area contributed by atoms with Crippen molar-refractivity contribution < 1.29 is 19.5 Å². The van der Waals surface area contributed by atoms with Gasteiger partial charge in [-0.1, -0.05) is 115 Å². The third kappa shape index (κ3) is 27.7. The summed E-state index contributed by atoms with van der Waals surface area (Å²) >= 11 is 0. The van der Waals surface area contributed by atoms with Crippen molar-refractivity contribution in [1.29, 1.82) is 0 Å². The fourth-order valence-corrected chi connectivity index (χ4v) is 4.97. The molecule has 3 amide bonds. The molecule has 0 aliphatic rings. The zero-order valence-electron chi connectivity index (χ0n) is 25.8. The predicted molar refractivity (Wildman–Crippen MR) is 182 cm³/mol. The predicted octanol–water partition coefficient (Wildman–Crippen LogP) is 6.21. The largest absolute Gasteiger partial charge is 0.383 e. The van der Waals surface area contributed by atoms with Crippen LogP contribution in [0.2, 0.25) is 0 Å². The van der Waals surface area contributed by atoms with Gasteiger partial charge in [-0.3, -0.25) is 14.4 Å². The summed E-state index contributed by atoms with van der Waals surface area (Å²) < 4.78 is 0. The first-order valence-electron chi connectivity index (χ1n) is 15.0. The van der Waals surface area contributed by atoms with Crippen molar-refractivity contribution in [3.8, 4) is 0 Å². The molecule has 0 heterocycles. The van der Waals surface area contributed by atoms with E-state index in [1.807, 2.05) is 12.2 Å². The number of carbonyl (C=O) groups excluding carboxylic acids is 3. The number of carbonyl (C=O) groups is 3. The fourth-order valence-electron chi connectivity index (χ4n) is 3.16. The number of rotatable bonds is 25. The van der Waals surface area contributed by atoms with Gasteiger partial charge in [0.25, 0.3) is 0 Å². The molecule has 0 aliphatic carbocycles. The summed E-state index contributed by atoms with van der Waals surface area (Å²) in [7, 11) is 3.29. The van der Waals surface area contributed by atoms with Gasteiger partial charge in [0.15, 0.2) is 0 Å². The summed E-state index contributed by atoms with van der Waals surface area (Å²) in [6.45, 7) is 7.01. The third-order valence-electron chi connectivity index (χ3n) is 5.55. The van der Waals surface area contributed by atoms with Crippen molar-refractivity contribution in [2.24, 2.45) is 5.92 Å². The zero-order valence-corrected chi connectivity index (χ0v) is 27.4. The summed E-state index contributed by atoms with van der Waals surface area (Å²) in [5.74, 6) is 0.806. The van der Waals surface area contributed by atoms with E-state index in [0.717, 1.165) is 50.0 Å². The van der Waals surface area contributed by atoms with Gasteiger partial charge in [0, 0.05) is 44.0 Å². The van der Waals surface area contributed by atoms with E-state index in [2.05, 4.69) is 83.6 Å². The van der Waals surface area contributed by atoms with Crippen LogP contribution in [0.4, 0.5) is 0 Å². The smallest absolute Gasteiger partial charge is 0.249 e. The monoisotopic (exact) mass is 619 g/mol. The highest BCUT2D eigenvalue weighted by molar-refractivity contribution is 8.76. The summed E-state index contributed by atoms with van der Waals surface area (Å²) in [6.07, 6.45) is 31.0. The second-order valence-corrected chi connectivity index (χ2v) is 12.4. The normalized spacial score (nSPS) is 13.1. The minimum absolute atomic E-state index is 0.0147. The van der Waals surface area contributed by atoms with Crippen LogP contribution in [0.5, 0.6) is 0 Å². The van der Waals surface area contributed by atoms with Crippen LogP contribution in [0.15, 0.2) is 72.9 Å². The van der Waals surface area contributed by atoms with E-state index in [-0.39, 0.29) is 30.7 Å². The lowest BCUT2D eigenvalue weighted by atomic mass is 10.1. The average molecular weight is 620 g/mol. The average Bonchev–Trinajstić information content (AvgIpc) is 2.97. The Morgan fingerprint density at radius 1 is 0.619 bits per heavy atom. The lowest BCUT2D eigenvalue weighted by Crippen LogP contribution is -2.39. The zero-order chi connectivity index (χ0) is 31.1. The Bertz CT molecular complexity index is 896. The van der Waals surface area contributed by atoms with Crippen molar-refractivity contribution in [3.05, 3.63) is 72.9 Å². The molecule has 236 valence electrons. The summed E-state index contributed by atoms with van der Waals surface area (Å²) in [5, 5.41) is 17.9. The Morgan fingerprint density at radius 3 is 1.50 bits per heavy atom. The molecule has 1 atom stereocenters. The van der Waals surface area contributed by atoms with E-state index >= 15 is 0 Å². The number of nitrogens with one attached hydrogen (secondary N) is 3. The van der Waals surface area contributed by atoms with Crippen LogP contribution in [0.3, 0.4) is 0 Å². The van der Waals surface area contributed by atoms with Crippen molar-refractivity contribution in [2.75, 3.05) is 31.1 Å². The number of hydrogen-bond acceptors (Lipinski definition) is 6. The van der Waals surface area contributed by atoms with Crippen molar-refractivity contribution in [1.82, 2.24) is 16.0 Å².